The van der Waals surface area contributed by atoms with Gasteiger partial charge in [0.1, 0.15) is 5.69 Å². The lowest BCUT2D eigenvalue weighted by Gasteiger charge is -1.94. The zero-order valence-electron chi connectivity index (χ0n) is 9.32. The molecule has 0 aliphatic carbocycles. The molecule has 0 unspecified atom stereocenters. The summed E-state index contributed by atoms with van der Waals surface area (Å²) in [7, 11) is 1.22. The van der Waals surface area contributed by atoms with E-state index in [0.29, 0.717) is 11.3 Å². The van der Waals surface area contributed by atoms with Gasteiger partial charge in [0.15, 0.2) is 0 Å². The van der Waals surface area contributed by atoms with Crippen LogP contribution >= 0.6 is 0 Å². The van der Waals surface area contributed by atoms with E-state index in [1.54, 1.807) is 6.07 Å². The quantitative estimate of drug-likeness (QED) is 0.468. The normalized spacial score (nSPS) is 10.1. The van der Waals surface area contributed by atoms with Gasteiger partial charge in [0.05, 0.1) is 12.0 Å². The molecule has 0 radical (unpaired) electrons. The minimum atomic E-state index is -0.654. The molecule has 1 heterocycles. The molecule has 18 heavy (non-hydrogen) atoms. The molecule has 0 aliphatic heterocycles. The van der Waals surface area contributed by atoms with Crippen LogP contribution in [0.1, 0.15) is 10.6 Å². The van der Waals surface area contributed by atoms with Gasteiger partial charge in [-0.1, -0.05) is 17.3 Å². The van der Waals surface area contributed by atoms with Crippen LogP contribution < -0.4 is 0 Å². The topological polar surface area (TPSA) is 95.5 Å². The van der Waals surface area contributed by atoms with Crippen molar-refractivity contribution in [3.63, 3.8) is 0 Å². The van der Waals surface area contributed by atoms with Crippen molar-refractivity contribution in [1.82, 2.24) is 5.16 Å². The fraction of sp³-hybridized carbons (Fsp3) is 0.0909. The number of esters is 1. The Bertz CT molecular complexity index is 605. The summed E-state index contributed by atoms with van der Waals surface area (Å²) in [6.07, 6.45) is 0. The average molecular weight is 248 g/mol. The second kappa shape index (κ2) is 4.66. The fourth-order valence-electron chi connectivity index (χ4n) is 1.39. The van der Waals surface area contributed by atoms with Gasteiger partial charge in [-0.25, -0.2) is 4.79 Å². The molecule has 7 heteroatoms. The van der Waals surface area contributed by atoms with E-state index in [1.165, 1.54) is 31.4 Å². The highest BCUT2D eigenvalue weighted by Crippen LogP contribution is 2.23. The van der Waals surface area contributed by atoms with Gasteiger partial charge in [-0.3, -0.25) is 10.1 Å². The lowest BCUT2D eigenvalue weighted by Crippen LogP contribution is -1.98. The molecule has 0 saturated heterocycles. The molecule has 2 aromatic rings. The molecule has 0 spiro atoms. The minimum Gasteiger partial charge on any atom is -0.463 e. The SMILES string of the molecule is COC(=O)c1cc(-c2cccc([N+](=O)[O-])c2)no1. The fourth-order valence-corrected chi connectivity index (χ4v) is 1.39. The molecule has 92 valence electrons. The molecule has 1 aromatic carbocycles. The maximum Gasteiger partial charge on any atom is 0.376 e. The molecule has 7 nitrogen and oxygen atoms in total. The van der Waals surface area contributed by atoms with E-state index in [2.05, 4.69) is 9.89 Å². The number of methoxy groups -OCH3 is 1. The Labute approximate surface area is 101 Å². The highest BCUT2D eigenvalue weighted by atomic mass is 16.6. The van der Waals surface area contributed by atoms with E-state index in [4.69, 9.17) is 4.52 Å². The summed E-state index contributed by atoms with van der Waals surface area (Å²) < 4.78 is 9.24. The number of non-ortho nitro benzene ring substituents is 1. The van der Waals surface area contributed by atoms with Gasteiger partial charge in [-0.05, 0) is 0 Å². The second-order valence-corrected chi connectivity index (χ2v) is 3.38. The van der Waals surface area contributed by atoms with Crippen LogP contribution in [-0.4, -0.2) is 23.2 Å². The molecule has 0 N–H and O–H groups in total. The summed E-state index contributed by atoms with van der Waals surface area (Å²) in [5, 5.41) is 14.3. The number of ether oxygens (including phenoxy) is 1. The van der Waals surface area contributed by atoms with Crippen molar-refractivity contribution in [2.75, 3.05) is 7.11 Å². The Balaban J connectivity index is 2.37. The van der Waals surface area contributed by atoms with Crippen LogP contribution in [0.2, 0.25) is 0 Å². The summed E-state index contributed by atoms with van der Waals surface area (Å²) in [5.74, 6) is -0.710. The standard InChI is InChI=1S/C11H8N2O5/c1-17-11(14)10-6-9(12-18-10)7-3-2-4-8(5-7)13(15)16/h2-6H,1H3. The number of nitro benzene ring substituents is 1. The molecule has 1 aromatic heterocycles. The van der Waals surface area contributed by atoms with Crippen LogP contribution in [0.3, 0.4) is 0 Å². The first kappa shape index (κ1) is 11.8. The largest absolute Gasteiger partial charge is 0.463 e. The molecule has 0 amide bonds. The number of benzene rings is 1. The first-order valence-corrected chi connectivity index (χ1v) is 4.91. The molecular formula is C11H8N2O5. The van der Waals surface area contributed by atoms with Gasteiger partial charge in [0, 0.05) is 23.8 Å². The van der Waals surface area contributed by atoms with Gasteiger partial charge in [0.25, 0.3) is 5.69 Å². The van der Waals surface area contributed by atoms with E-state index in [9.17, 15) is 14.9 Å². The molecule has 0 aliphatic rings. The first-order chi connectivity index (χ1) is 8.61. The number of carbonyl (C=O) groups excluding carboxylic acids is 1. The number of carbonyl (C=O) groups is 1. The molecule has 0 fully saturated rings. The van der Waals surface area contributed by atoms with Crippen molar-refractivity contribution >= 4 is 11.7 Å². The van der Waals surface area contributed by atoms with Crippen molar-refractivity contribution < 1.29 is 19.0 Å². The first-order valence-electron chi connectivity index (χ1n) is 4.91. The number of hydrogen-bond acceptors (Lipinski definition) is 6. The van der Waals surface area contributed by atoms with Gasteiger partial charge in [-0.2, -0.15) is 0 Å². The summed E-state index contributed by atoms with van der Waals surface area (Å²) >= 11 is 0. The maximum atomic E-state index is 11.2. The van der Waals surface area contributed by atoms with Crippen molar-refractivity contribution in [2.24, 2.45) is 0 Å². The van der Waals surface area contributed by atoms with Crippen LogP contribution in [0.25, 0.3) is 11.3 Å². The Morgan fingerprint density at radius 2 is 2.22 bits per heavy atom. The molecule has 0 saturated carbocycles. The predicted molar refractivity (Wildman–Crippen MR) is 59.9 cm³/mol. The van der Waals surface area contributed by atoms with Crippen LogP contribution in [0.4, 0.5) is 5.69 Å². The highest BCUT2D eigenvalue weighted by Gasteiger charge is 2.15. The minimum absolute atomic E-state index is 0.0565. The lowest BCUT2D eigenvalue weighted by atomic mass is 10.1. The van der Waals surface area contributed by atoms with Gasteiger partial charge in [-0.15, -0.1) is 0 Å². The lowest BCUT2D eigenvalue weighted by molar-refractivity contribution is -0.384. The monoisotopic (exact) mass is 248 g/mol. The number of rotatable bonds is 3. The van der Waals surface area contributed by atoms with Gasteiger partial charge < -0.3 is 9.26 Å². The number of nitro groups is 1. The van der Waals surface area contributed by atoms with E-state index < -0.39 is 10.9 Å². The van der Waals surface area contributed by atoms with Gasteiger partial charge >= 0.3 is 5.97 Å². The average Bonchev–Trinajstić information content (AvgIpc) is 2.87. The van der Waals surface area contributed by atoms with E-state index in [1.807, 2.05) is 0 Å². The van der Waals surface area contributed by atoms with E-state index in [0.717, 1.165) is 0 Å². The number of nitrogens with zero attached hydrogens (tertiary/aromatic N) is 2. The summed E-state index contributed by atoms with van der Waals surface area (Å²) in [4.78, 5) is 21.3. The van der Waals surface area contributed by atoms with Crippen LogP contribution in [0.5, 0.6) is 0 Å². The zero-order valence-corrected chi connectivity index (χ0v) is 9.32. The molecule has 2 rings (SSSR count). The Hall–Kier alpha value is -2.70. The maximum absolute atomic E-state index is 11.2. The predicted octanol–water partition coefficient (Wildman–Crippen LogP) is 2.04. The third-order valence-corrected chi connectivity index (χ3v) is 2.25. The summed E-state index contributed by atoms with van der Waals surface area (Å²) in [6.45, 7) is 0. The zero-order chi connectivity index (χ0) is 13.1. The van der Waals surface area contributed by atoms with E-state index >= 15 is 0 Å². The molecule has 0 atom stereocenters. The second-order valence-electron chi connectivity index (χ2n) is 3.38. The Morgan fingerprint density at radius 3 is 2.89 bits per heavy atom. The van der Waals surface area contributed by atoms with E-state index in [-0.39, 0.29) is 11.4 Å². The van der Waals surface area contributed by atoms with Crippen LogP contribution in [-0.2, 0) is 4.74 Å². The Kier molecular flexibility index (Phi) is 3.05. The van der Waals surface area contributed by atoms with Crippen molar-refractivity contribution in [2.45, 2.75) is 0 Å². The molecule has 0 bridgehead atoms. The molecular weight excluding hydrogens is 240 g/mol. The van der Waals surface area contributed by atoms with Crippen LogP contribution in [0, 0.1) is 10.1 Å². The number of aromatic nitrogens is 1. The third-order valence-electron chi connectivity index (χ3n) is 2.25. The van der Waals surface area contributed by atoms with Crippen LogP contribution in [0.15, 0.2) is 34.9 Å². The summed E-state index contributed by atoms with van der Waals surface area (Å²) in [6, 6.07) is 7.24. The smallest absolute Gasteiger partial charge is 0.376 e. The highest BCUT2D eigenvalue weighted by molar-refractivity contribution is 5.87. The van der Waals surface area contributed by atoms with Crippen molar-refractivity contribution in [1.29, 1.82) is 0 Å². The Morgan fingerprint density at radius 1 is 1.44 bits per heavy atom. The number of hydrogen-bond donors (Lipinski definition) is 0. The van der Waals surface area contributed by atoms with Gasteiger partial charge in [0.2, 0.25) is 5.76 Å². The summed E-state index contributed by atoms with van der Waals surface area (Å²) in [5.41, 5.74) is 0.761. The van der Waals surface area contributed by atoms with Crippen molar-refractivity contribution in [3.8, 4) is 11.3 Å². The van der Waals surface area contributed by atoms with Crippen molar-refractivity contribution in [3.05, 3.63) is 46.2 Å². The third kappa shape index (κ3) is 2.19.